The van der Waals surface area contributed by atoms with Crippen molar-refractivity contribution >= 4 is 46.3 Å². The predicted octanol–water partition coefficient (Wildman–Crippen LogP) is 3.35. The summed E-state index contributed by atoms with van der Waals surface area (Å²) in [5.74, 6) is -0.752. The van der Waals surface area contributed by atoms with E-state index in [1.807, 2.05) is 17.5 Å². The van der Waals surface area contributed by atoms with Crippen LogP contribution in [0.5, 0.6) is 11.5 Å². The van der Waals surface area contributed by atoms with E-state index < -0.39 is 17.9 Å². The lowest BCUT2D eigenvalue weighted by Crippen LogP contribution is -2.45. The Kier molecular flexibility index (Phi) is 8.29. The number of carbonyl (C=O) groups excluding carboxylic acids is 3. The normalized spacial score (nSPS) is 14.2. The highest BCUT2D eigenvalue weighted by molar-refractivity contribution is 7.10. The van der Waals surface area contributed by atoms with Crippen molar-refractivity contribution < 1.29 is 23.9 Å². The van der Waals surface area contributed by atoms with Crippen molar-refractivity contribution in [1.82, 2.24) is 14.6 Å². The molecule has 3 amide bonds. The monoisotopic (exact) mass is 543 g/mol. The molecular formula is C25H29N5O5S2. The van der Waals surface area contributed by atoms with Gasteiger partial charge in [0, 0.05) is 10.9 Å². The number of aromatic nitrogens is 1. The molecule has 0 bridgehead atoms. The van der Waals surface area contributed by atoms with Crippen LogP contribution in [0.25, 0.3) is 0 Å². The number of primary amides is 1. The molecule has 1 aromatic carbocycles. The number of amides is 3. The second-order valence-corrected chi connectivity index (χ2v) is 10.5. The summed E-state index contributed by atoms with van der Waals surface area (Å²) in [7, 11) is 3.03. The maximum atomic E-state index is 14.0. The van der Waals surface area contributed by atoms with E-state index in [1.165, 1.54) is 30.5 Å². The van der Waals surface area contributed by atoms with E-state index in [4.69, 9.17) is 20.9 Å². The lowest BCUT2D eigenvalue weighted by molar-refractivity contribution is -0.126. The number of nitrogens with zero attached hydrogens (tertiary/aromatic N) is 2. The molecule has 3 aromatic rings. The van der Waals surface area contributed by atoms with E-state index in [-0.39, 0.29) is 34.8 Å². The fraction of sp³-hybridized carbons (Fsp3) is 0.360. The van der Waals surface area contributed by atoms with Crippen LogP contribution in [-0.4, -0.2) is 47.3 Å². The van der Waals surface area contributed by atoms with E-state index >= 15 is 0 Å². The van der Waals surface area contributed by atoms with Crippen LogP contribution in [0.4, 0.5) is 5.69 Å². The lowest BCUT2D eigenvalue weighted by atomic mass is 10.0. The average Bonchev–Trinajstić information content (AvgIpc) is 3.66. The maximum Gasteiger partial charge on any atom is 0.270 e. The number of benzene rings is 1. The number of nitrogen functional groups attached to an aromatic ring is 1. The second kappa shape index (κ2) is 11.6. The quantitative estimate of drug-likeness (QED) is 0.355. The third-order valence-electron chi connectivity index (χ3n) is 6.31. The number of anilines is 1. The number of hydrogen-bond acceptors (Lipinski definition) is 9. The van der Waals surface area contributed by atoms with E-state index in [2.05, 4.69) is 9.69 Å². The molecule has 1 unspecified atom stereocenters. The summed E-state index contributed by atoms with van der Waals surface area (Å²) >= 11 is 2.25. The highest BCUT2D eigenvalue weighted by Crippen LogP contribution is 2.35. The highest BCUT2D eigenvalue weighted by atomic mass is 32.1. The molecule has 196 valence electrons. The van der Waals surface area contributed by atoms with Gasteiger partial charge in [-0.3, -0.25) is 14.4 Å². The Morgan fingerprint density at radius 2 is 1.89 bits per heavy atom. The van der Waals surface area contributed by atoms with Crippen LogP contribution in [0, 0.1) is 0 Å². The maximum absolute atomic E-state index is 14.0. The van der Waals surface area contributed by atoms with Gasteiger partial charge in [0.05, 0.1) is 26.5 Å². The zero-order valence-corrected chi connectivity index (χ0v) is 22.2. The molecule has 37 heavy (non-hydrogen) atoms. The van der Waals surface area contributed by atoms with Crippen LogP contribution >= 0.6 is 22.9 Å². The molecular weight excluding hydrogens is 514 g/mol. The van der Waals surface area contributed by atoms with Crippen molar-refractivity contribution in [3.8, 4) is 11.5 Å². The summed E-state index contributed by atoms with van der Waals surface area (Å²) in [5, 5.41) is 5.03. The molecule has 4 rings (SSSR count). The summed E-state index contributed by atoms with van der Waals surface area (Å²) in [6.45, 7) is 0.136. The highest BCUT2D eigenvalue weighted by Gasteiger charge is 2.36. The Morgan fingerprint density at radius 3 is 2.49 bits per heavy atom. The van der Waals surface area contributed by atoms with Gasteiger partial charge >= 0.3 is 0 Å². The summed E-state index contributed by atoms with van der Waals surface area (Å²) < 4.78 is 14.8. The Balaban J connectivity index is 1.81. The van der Waals surface area contributed by atoms with E-state index in [0.717, 1.165) is 42.1 Å². The Morgan fingerprint density at radius 1 is 1.16 bits per heavy atom. The topological polar surface area (TPSA) is 150 Å². The minimum absolute atomic E-state index is 0.0313. The molecule has 0 spiro atoms. The largest absolute Gasteiger partial charge is 0.493 e. The van der Waals surface area contributed by atoms with Crippen LogP contribution in [0.2, 0.25) is 0 Å². The molecule has 2 heterocycles. The van der Waals surface area contributed by atoms with Crippen LogP contribution in [0.3, 0.4) is 0 Å². The van der Waals surface area contributed by atoms with Gasteiger partial charge in [0.1, 0.15) is 10.9 Å². The number of carbonyl (C=O) groups is 3. The second-order valence-electron chi connectivity index (χ2n) is 8.66. The summed E-state index contributed by atoms with van der Waals surface area (Å²) in [6, 6.07) is 7.90. The van der Waals surface area contributed by atoms with Gasteiger partial charge < -0.3 is 31.2 Å². The molecule has 1 aliphatic rings. The number of nitrogens with one attached hydrogen (secondary N) is 1. The fourth-order valence-corrected chi connectivity index (χ4v) is 5.92. The van der Waals surface area contributed by atoms with Crippen molar-refractivity contribution in [3.63, 3.8) is 0 Å². The first-order valence-electron chi connectivity index (χ1n) is 11.7. The molecule has 0 saturated heterocycles. The smallest absolute Gasteiger partial charge is 0.270 e. The van der Waals surface area contributed by atoms with Crippen molar-refractivity contribution in [2.45, 2.75) is 44.3 Å². The Bertz CT molecular complexity index is 1270. The molecule has 2 aromatic heterocycles. The molecule has 1 saturated carbocycles. The van der Waals surface area contributed by atoms with Gasteiger partial charge in [0.2, 0.25) is 5.91 Å². The molecule has 12 heteroatoms. The molecule has 1 atom stereocenters. The van der Waals surface area contributed by atoms with Crippen LogP contribution in [-0.2, 0) is 11.3 Å². The molecule has 0 radical (unpaired) electrons. The van der Waals surface area contributed by atoms with Crippen LogP contribution < -0.4 is 26.3 Å². The SMILES string of the molecule is COc1ccc(C(C(=O)NC2CCCC2)N(Cc2cccs2)C(=O)c2snc(C(N)=O)c2N)cc1OC. The number of methoxy groups -OCH3 is 2. The first-order valence-corrected chi connectivity index (χ1v) is 13.4. The fourth-order valence-electron chi connectivity index (χ4n) is 4.46. The van der Waals surface area contributed by atoms with Crippen molar-refractivity contribution in [2.24, 2.45) is 5.73 Å². The Labute approximate surface area is 222 Å². The molecule has 1 aliphatic carbocycles. The van der Waals surface area contributed by atoms with E-state index in [9.17, 15) is 14.4 Å². The summed E-state index contributed by atoms with van der Waals surface area (Å²) in [4.78, 5) is 42.0. The summed E-state index contributed by atoms with van der Waals surface area (Å²) in [5.41, 5.74) is 11.8. The predicted molar refractivity (Wildman–Crippen MR) is 142 cm³/mol. The zero-order valence-electron chi connectivity index (χ0n) is 20.6. The summed E-state index contributed by atoms with van der Waals surface area (Å²) in [6.07, 6.45) is 3.84. The van der Waals surface area contributed by atoms with Crippen LogP contribution in [0.1, 0.15) is 62.3 Å². The number of ether oxygens (including phenoxy) is 2. The lowest BCUT2D eigenvalue weighted by Gasteiger charge is -2.32. The third-order valence-corrected chi connectivity index (χ3v) is 8.02. The molecule has 5 N–H and O–H groups in total. The molecule has 1 fully saturated rings. The first-order chi connectivity index (χ1) is 17.8. The number of thiophene rings is 1. The minimum Gasteiger partial charge on any atom is -0.493 e. The number of rotatable bonds is 10. The van der Waals surface area contributed by atoms with E-state index in [0.29, 0.717) is 17.1 Å². The van der Waals surface area contributed by atoms with Gasteiger partial charge in [-0.2, -0.15) is 4.37 Å². The minimum atomic E-state index is -1.02. The van der Waals surface area contributed by atoms with Gasteiger partial charge in [0.15, 0.2) is 17.2 Å². The van der Waals surface area contributed by atoms with Crippen molar-refractivity contribution in [2.75, 3.05) is 20.0 Å². The van der Waals surface area contributed by atoms with E-state index in [1.54, 1.807) is 18.2 Å². The van der Waals surface area contributed by atoms with Gasteiger partial charge in [-0.1, -0.05) is 25.0 Å². The number of nitrogens with two attached hydrogens (primary N) is 2. The average molecular weight is 544 g/mol. The zero-order chi connectivity index (χ0) is 26.5. The first kappa shape index (κ1) is 26.4. The van der Waals surface area contributed by atoms with Crippen molar-refractivity contribution in [3.05, 3.63) is 56.7 Å². The standard InChI is InChI=1S/C25H29N5O5S2/c1-34-17-10-9-14(12-18(17)35-2)21(24(32)28-15-6-3-4-7-15)30(13-16-8-5-11-36-16)25(33)22-19(26)20(23(27)31)29-37-22/h5,8-12,15,21H,3-4,6-7,13,26H2,1-2H3,(H2,27,31)(H,28,32). The van der Waals surface area contributed by atoms with Crippen molar-refractivity contribution in [1.29, 1.82) is 0 Å². The van der Waals surface area contributed by atoms with Gasteiger partial charge in [-0.25, -0.2) is 0 Å². The third kappa shape index (κ3) is 5.70. The van der Waals surface area contributed by atoms with Gasteiger partial charge in [-0.05, 0) is 53.5 Å². The molecule has 0 aliphatic heterocycles. The number of hydrogen-bond donors (Lipinski definition) is 3. The van der Waals surface area contributed by atoms with Gasteiger partial charge in [-0.15, -0.1) is 11.3 Å². The molecule has 10 nitrogen and oxygen atoms in total. The van der Waals surface area contributed by atoms with Gasteiger partial charge in [0.25, 0.3) is 11.8 Å². The van der Waals surface area contributed by atoms with Crippen LogP contribution in [0.15, 0.2) is 35.7 Å². The Hall–Kier alpha value is -3.64.